The van der Waals surface area contributed by atoms with Gasteiger partial charge in [-0.05, 0) is 31.7 Å². The summed E-state index contributed by atoms with van der Waals surface area (Å²) in [4.78, 5) is 0.272. The van der Waals surface area contributed by atoms with Crippen molar-refractivity contribution in [1.82, 2.24) is 0 Å². The number of benzene rings is 2. The second-order valence-corrected chi connectivity index (χ2v) is 6.04. The van der Waals surface area contributed by atoms with Gasteiger partial charge in [-0.1, -0.05) is 36.4 Å². The van der Waals surface area contributed by atoms with E-state index in [0.29, 0.717) is 10.9 Å². The van der Waals surface area contributed by atoms with Crippen molar-refractivity contribution in [3.8, 4) is 0 Å². The van der Waals surface area contributed by atoms with Gasteiger partial charge in [0, 0.05) is 5.39 Å². The first-order valence-electron chi connectivity index (χ1n) is 5.83. The largest absolute Gasteiger partial charge is 0.298 e. The van der Waals surface area contributed by atoms with Gasteiger partial charge in [-0.15, -0.1) is 0 Å². The molecule has 2 aromatic carbocycles. The molecule has 4 heteroatoms. The number of fused-ring (bicyclic) bond motifs is 1. The van der Waals surface area contributed by atoms with E-state index in [0.717, 1.165) is 5.39 Å². The van der Waals surface area contributed by atoms with E-state index in [1.807, 2.05) is 24.3 Å². The van der Waals surface area contributed by atoms with Crippen molar-refractivity contribution in [1.29, 1.82) is 0 Å². The van der Waals surface area contributed by atoms with Crippen LogP contribution in [0.4, 0.5) is 0 Å². The second-order valence-electron chi connectivity index (χ2n) is 4.53. The summed E-state index contributed by atoms with van der Waals surface area (Å²) in [5.74, 6) is 0. The van der Waals surface area contributed by atoms with Crippen molar-refractivity contribution >= 4 is 20.9 Å². The predicted molar refractivity (Wildman–Crippen MR) is 72.1 cm³/mol. The van der Waals surface area contributed by atoms with Crippen LogP contribution in [0.2, 0.25) is 0 Å². The number of hydrogen-bond donors (Lipinski definition) is 0. The third-order valence-corrected chi connectivity index (χ3v) is 4.33. The maximum absolute atomic E-state index is 12.3. The lowest BCUT2D eigenvalue weighted by molar-refractivity contribution is 0.249. The molecule has 0 amide bonds. The zero-order valence-electron chi connectivity index (χ0n) is 10.7. The minimum atomic E-state index is -3.72. The molecule has 0 N–H and O–H groups in total. The highest BCUT2D eigenvalue weighted by Crippen LogP contribution is 2.28. The summed E-state index contributed by atoms with van der Waals surface area (Å²) in [7, 11) is -3.72. The van der Waals surface area contributed by atoms with Gasteiger partial charge in [0.2, 0.25) is 0 Å². The lowest BCUT2D eigenvalue weighted by Crippen LogP contribution is -2.14. The first-order valence-corrected chi connectivity index (χ1v) is 7.24. The zero-order valence-corrected chi connectivity index (χ0v) is 11.5. The average molecular weight is 264 g/mol. The molecule has 2 rings (SSSR count). The second kappa shape index (κ2) is 4.71. The van der Waals surface area contributed by atoms with E-state index in [1.165, 1.54) is 0 Å². The monoisotopic (exact) mass is 264 g/mol. The van der Waals surface area contributed by atoms with Gasteiger partial charge in [0.15, 0.2) is 0 Å². The molecule has 0 saturated heterocycles. The predicted octanol–water partition coefficient (Wildman–Crippen LogP) is 3.26. The van der Waals surface area contributed by atoms with E-state index in [9.17, 15) is 8.42 Å². The van der Waals surface area contributed by atoms with E-state index in [2.05, 4.69) is 0 Å². The van der Waals surface area contributed by atoms with Crippen molar-refractivity contribution in [2.45, 2.75) is 31.8 Å². The van der Waals surface area contributed by atoms with Gasteiger partial charge in [0.05, 0.1) is 6.10 Å². The molecule has 96 valence electrons. The zero-order chi connectivity index (χ0) is 13.3. The maximum atomic E-state index is 12.3. The third kappa shape index (κ3) is 2.40. The van der Waals surface area contributed by atoms with Gasteiger partial charge in [0.25, 0.3) is 10.1 Å². The summed E-state index contributed by atoms with van der Waals surface area (Å²) < 4.78 is 29.6. The first-order chi connectivity index (χ1) is 8.42. The molecule has 2 aromatic rings. The van der Waals surface area contributed by atoms with Crippen LogP contribution in [-0.4, -0.2) is 14.5 Å². The summed E-state index contributed by atoms with van der Waals surface area (Å²) in [6.45, 7) is 5.19. The summed E-state index contributed by atoms with van der Waals surface area (Å²) >= 11 is 0. The summed E-state index contributed by atoms with van der Waals surface area (Å²) in [5.41, 5.74) is 0.703. The van der Waals surface area contributed by atoms with Crippen LogP contribution in [0, 0.1) is 6.92 Å². The molecule has 0 radical (unpaired) electrons. The SMILES string of the molecule is Cc1ccc2ccccc2c1S(=O)(=O)OC(C)C. The molecule has 0 spiro atoms. The van der Waals surface area contributed by atoms with Crippen LogP contribution < -0.4 is 0 Å². The Balaban J connectivity index is 2.74. The first kappa shape index (κ1) is 13.1. The van der Waals surface area contributed by atoms with Gasteiger partial charge in [-0.25, -0.2) is 0 Å². The molecular weight excluding hydrogens is 248 g/mol. The third-order valence-electron chi connectivity index (χ3n) is 2.65. The Morgan fingerprint density at radius 2 is 1.72 bits per heavy atom. The highest BCUT2D eigenvalue weighted by Gasteiger charge is 2.22. The van der Waals surface area contributed by atoms with Crippen LogP contribution >= 0.6 is 0 Å². The van der Waals surface area contributed by atoms with Crippen LogP contribution in [0.3, 0.4) is 0 Å². The lowest BCUT2D eigenvalue weighted by atomic mass is 10.1. The van der Waals surface area contributed by atoms with E-state index in [-0.39, 0.29) is 11.0 Å². The summed E-state index contributed by atoms with van der Waals surface area (Å²) in [5, 5.41) is 1.60. The standard InChI is InChI=1S/C14H16O3S/c1-10(2)17-18(15,16)14-11(3)8-9-12-6-4-5-7-13(12)14/h4-10H,1-3H3. The maximum Gasteiger partial charge on any atom is 0.298 e. The normalized spacial score (nSPS) is 12.2. The Morgan fingerprint density at radius 1 is 1.06 bits per heavy atom. The Hall–Kier alpha value is -1.39. The minimum absolute atomic E-state index is 0.272. The number of hydrogen-bond acceptors (Lipinski definition) is 3. The number of aryl methyl sites for hydroxylation is 1. The number of rotatable bonds is 3. The van der Waals surface area contributed by atoms with Crippen molar-refractivity contribution in [2.75, 3.05) is 0 Å². The van der Waals surface area contributed by atoms with Crippen LogP contribution in [0.1, 0.15) is 19.4 Å². The topological polar surface area (TPSA) is 43.4 Å². The fraction of sp³-hybridized carbons (Fsp3) is 0.286. The summed E-state index contributed by atoms with van der Waals surface area (Å²) in [6.07, 6.45) is -0.367. The highest BCUT2D eigenvalue weighted by atomic mass is 32.2. The molecule has 0 bridgehead atoms. The minimum Gasteiger partial charge on any atom is -0.264 e. The molecule has 3 nitrogen and oxygen atoms in total. The Kier molecular flexibility index (Phi) is 3.41. The fourth-order valence-electron chi connectivity index (χ4n) is 1.99. The molecule has 0 fully saturated rings. The van der Waals surface area contributed by atoms with Crippen molar-refractivity contribution < 1.29 is 12.6 Å². The van der Waals surface area contributed by atoms with Crippen LogP contribution in [-0.2, 0) is 14.3 Å². The molecule has 0 atom stereocenters. The molecule has 0 aliphatic rings. The molecular formula is C14H16O3S. The Labute approximate surface area is 108 Å². The lowest BCUT2D eigenvalue weighted by Gasteiger charge is -2.13. The van der Waals surface area contributed by atoms with Gasteiger partial charge < -0.3 is 0 Å². The van der Waals surface area contributed by atoms with Gasteiger partial charge in [-0.3, -0.25) is 4.18 Å². The molecule has 0 aromatic heterocycles. The molecule has 0 aliphatic carbocycles. The quantitative estimate of drug-likeness (QED) is 0.799. The van der Waals surface area contributed by atoms with Crippen molar-refractivity contribution in [3.63, 3.8) is 0 Å². The van der Waals surface area contributed by atoms with Crippen LogP contribution in [0.15, 0.2) is 41.3 Å². The van der Waals surface area contributed by atoms with Gasteiger partial charge in [-0.2, -0.15) is 8.42 Å². The van der Waals surface area contributed by atoms with E-state index in [4.69, 9.17) is 4.18 Å². The fourth-order valence-corrected chi connectivity index (χ4v) is 3.51. The van der Waals surface area contributed by atoms with Crippen LogP contribution in [0.5, 0.6) is 0 Å². The molecule has 0 saturated carbocycles. The van der Waals surface area contributed by atoms with Crippen LogP contribution in [0.25, 0.3) is 10.8 Å². The van der Waals surface area contributed by atoms with E-state index < -0.39 is 10.1 Å². The van der Waals surface area contributed by atoms with Crippen molar-refractivity contribution in [3.05, 3.63) is 42.0 Å². The highest BCUT2D eigenvalue weighted by molar-refractivity contribution is 7.87. The van der Waals surface area contributed by atoms with Gasteiger partial charge >= 0.3 is 0 Å². The Morgan fingerprint density at radius 3 is 2.39 bits per heavy atom. The average Bonchev–Trinajstić information content (AvgIpc) is 2.26. The molecule has 0 heterocycles. The smallest absolute Gasteiger partial charge is 0.264 e. The molecule has 18 heavy (non-hydrogen) atoms. The molecule has 0 aliphatic heterocycles. The molecule has 0 unspecified atom stereocenters. The van der Waals surface area contributed by atoms with E-state index in [1.54, 1.807) is 32.9 Å². The van der Waals surface area contributed by atoms with Gasteiger partial charge in [0.1, 0.15) is 4.90 Å². The Bertz CT molecular complexity index is 672. The summed E-state index contributed by atoms with van der Waals surface area (Å²) in [6, 6.07) is 11.1. The van der Waals surface area contributed by atoms with Crippen molar-refractivity contribution in [2.24, 2.45) is 0 Å². The van der Waals surface area contributed by atoms with E-state index >= 15 is 0 Å².